The summed E-state index contributed by atoms with van der Waals surface area (Å²) >= 11 is 0. The van der Waals surface area contributed by atoms with Crippen LogP contribution in [0.3, 0.4) is 0 Å². The lowest BCUT2D eigenvalue weighted by molar-refractivity contribution is -0.142. The van der Waals surface area contributed by atoms with Gasteiger partial charge in [-0.05, 0) is 75.9 Å². The standard InChI is InChI=1S/C30H41N11O8/c31-12-2-1-4-20(28(46)47)39-26(44)19(5-3-13-32)37-22(42)11-10-21(29(48)49)38-25(43)16-6-8-17(9-7-16)34-14-18-15-35-24-23(36-18)27(45)41-30(33)40-24/h6-9,15,19-21,34H,1-5,10-14,31-32H2,(H,37,42)(H,38,43)(H,39,44)(H,46,47)(H,48,49)(H3,33,35,40,41,45)/t19-,20+,21-/m0/s1. The van der Waals surface area contributed by atoms with Crippen LogP contribution in [-0.2, 0) is 25.7 Å². The summed E-state index contributed by atoms with van der Waals surface area (Å²) in [5, 5.41) is 39.6. The summed E-state index contributed by atoms with van der Waals surface area (Å²) in [6.07, 6.45) is 2.55. The number of nitrogens with one attached hydrogen (secondary N) is 4. The zero-order valence-electron chi connectivity index (χ0n) is 26.6. The van der Waals surface area contributed by atoms with Crippen LogP contribution in [0.25, 0.3) is 11.2 Å². The highest BCUT2D eigenvalue weighted by molar-refractivity contribution is 5.97. The molecule has 3 rings (SSSR count). The third-order valence-electron chi connectivity index (χ3n) is 7.25. The minimum atomic E-state index is -1.42. The molecule has 13 N–H and O–H groups in total. The number of carbonyl (C=O) groups is 5. The number of aromatic hydroxyl groups is 1. The number of carbonyl (C=O) groups excluding carboxylic acids is 3. The Morgan fingerprint density at radius 2 is 1.43 bits per heavy atom. The topological polar surface area (TPSA) is 324 Å². The third-order valence-corrected chi connectivity index (χ3v) is 7.25. The maximum absolute atomic E-state index is 12.9. The van der Waals surface area contributed by atoms with Crippen molar-refractivity contribution in [1.82, 2.24) is 35.9 Å². The first-order valence-corrected chi connectivity index (χ1v) is 15.5. The number of unbranched alkanes of at least 4 members (excludes halogenated alkanes) is 1. The molecule has 3 aromatic rings. The van der Waals surface area contributed by atoms with Crippen molar-refractivity contribution in [2.45, 2.75) is 69.6 Å². The van der Waals surface area contributed by atoms with E-state index in [0.717, 1.165) is 0 Å². The average Bonchev–Trinajstić information content (AvgIpc) is 3.07. The molecule has 0 saturated carbocycles. The van der Waals surface area contributed by atoms with E-state index in [2.05, 4.69) is 41.2 Å². The van der Waals surface area contributed by atoms with E-state index in [1.807, 2.05) is 0 Å². The first-order valence-electron chi connectivity index (χ1n) is 15.5. The number of anilines is 2. The fourth-order valence-electron chi connectivity index (χ4n) is 4.62. The van der Waals surface area contributed by atoms with Crippen molar-refractivity contribution in [2.24, 2.45) is 11.5 Å². The van der Waals surface area contributed by atoms with Crippen LogP contribution in [0.2, 0.25) is 0 Å². The van der Waals surface area contributed by atoms with Gasteiger partial charge in [0.2, 0.25) is 23.6 Å². The minimum Gasteiger partial charge on any atom is -0.492 e. The fraction of sp³-hybridized carbons (Fsp3) is 0.433. The molecular formula is C30H41N11O8. The number of fused-ring (bicyclic) bond motifs is 1. The highest BCUT2D eigenvalue weighted by Gasteiger charge is 2.27. The van der Waals surface area contributed by atoms with E-state index in [1.54, 1.807) is 12.1 Å². The van der Waals surface area contributed by atoms with Gasteiger partial charge in [-0.2, -0.15) is 9.97 Å². The van der Waals surface area contributed by atoms with Gasteiger partial charge in [0, 0.05) is 17.7 Å². The molecule has 3 amide bonds. The summed E-state index contributed by atoms with van der Waals surface area (Å²) in [6.45, 7) is 0.799. The summed E-state index contributed by atoms with van der Waals surface area (Å²) in [7, 11) is 0. The molecule has 19 heteroatoms. The number of nitrogen functional groups attached to an aromatic ring is 1. The molecule has 1 aromatic carbocycles. The highest BCUT2D eigenvalue weighted by Crippen LogP contribution is 2.19. The normalized spacial score (nSPS) is 12.8. The number of hydrogen-bond acceptors (Lipinski definition) is 14. The number of benzene rings is 1. The van der Waals surface area contributed by atoms with Crippen LogP contribution in [0.5, 0.6) is 5.88 Å². The predicted molar refractivity (Wildman–Crippen MR) is 176 cm³/mol. The smallest absolute Gasteiger partial charge is 0.326 e. The maximum atomic E-state index is 12.9. The molecule has 0 radical (unpaired) electrons. The fourth-order valence-corrected chi connectivity index (χ4v) is 4.62. The summed E-state index contributed by atoms with van der Waals surface area (Å²) in [5.74, 6) is -5.18. The summed E-state index contributed by atoms with van der Waals surface area (Å²) in [6, 6.07) is 2.44. The molecule has 264 valence electrons. The number of rotatable bonds is 20. The van der Waals surface area contributed by atoms with Gasteiger partial charge in [-0.3, -0.25) is 14.4 Å². The van der Waals surface area contributed by atoms with E-state index in [4.69, 9.17) is 17.2 Å². The van der Waals surface area contributed by atoms with Crippen molar-refractivity contribution in [2.75, 3.05) is 24.1 Å². The summed E-state index contributed by atoms with van der Waals surface area (Å²) in [4.78, 5) is 77.9. The number of carboxylic acid groups (broad SMARTS) is 2. The van der Waals surface area contributed by atoms with Gasteiger partial charge in [0.05, 0.1) is 18.4 Å². The Balaban J connectivity index is 1.54. The molecule has 2 heterocycles. The van der Waals surface area contributed by atoms with Crippen LogP contribution in [0.4, 0.5) is 11.6 Å². The molecule has 2 aromatic heterocycles. The average molecular weight is 684 g/mol. The van der Waals surface area contributed by atoms with E-state index in [1.165, 1.54) is 18.3 Å². The molecule has 0 bridgehead atoms. The monoisotopic (exact) mass is 683 g/mol. The number of aromatic nitrogens is 4. The van der Waals surface area contributed by atoms with Gasteiger partial charge in [-0.25, -0.2) is 19.6 Å². The Kier molecular flexibility index (Phi) is 14.3. The zero-order valence-corrected chi connectivity index (χ0v) is 26.6. The Labute approximate surface area is 280 Å². The quantitative estimate of drug-likeness (QED) is 0.0652. The molecule has 0 aliphatic rings. The van der Waals surface area contributed by atoms with Crippen molar-refractivity contribution >= 4 is 52.5 Å². The van der Waals surface area contributed by atoms with E-state index in [0.29, 0.717) is 37.2 Å². The van der Waals surface area contributed by atoms with Gasteiger partial charge in [-0.15, -0.1) is 0 Å². The second-order valence-corrected chi connectivity index (χ2v) is 11.0. The third kappa shape index (κ3) is 11.8. The van der Waals surface area contributed by atoms with E-state index in [9.17, 15) is 39.3 Å². The molecule has 0 aliphatic heterocycles. The number of aliphatic carboxylic acids is 2. The molecule has 3 atom stereocenters. The molecule has 0 spiro atoms. The largest absolute Gasteiger partial charge is 0.492 e. The Bertz CT molecular complexity index is 1620. The first kappa shape index (κ1) is 37.8. The molecule has 49 heavy (non-hydrogen) atoms. The molecular weight excluding hydrogens is 642 g/mol. The lowest BCUT2D eigenvalue weighted by atomic mass is 10.1. The summed E-state index contributed by atoms with van der Waals surface area (Å²) in [5.41, 5.74) is 18.0. The van der Waals surface area contributed by atoms with Gasteiger partial charge >= 0.3 is 11.9 Å². The predicted octanol–water partition coefficient (Wildman–Crippen LogP) is -0.795. The van der Waals surface area contributed by atoms with Crippen molar-refractivity contribution < 1.29 is 39.3 Å². The van der Waals surface area contributed by atoms with Crippen molar-refractivity contribution in [3.8, 4) is 5.88 Å². The molecule has 0 fully saturated rings. The molecule has 0 aliphatic carbocycles. The first-order chi connectivity index (χ1) is 23.4. The molecule has 0 unspecified atom stereocenters. The number of hydrogen-bond donors (Lipinski definition) is 10. The van der Waals surface area contributed by atoms with Crippen LogP contribution in [-0.4, -0.2) is 96.1 Å². The van der Waals surface area contributed by atoms with Crippen LogP contribution < -0.4 is 38.5 Å². The second-order valence-electron chi connectivity index (χ2n) is 11.0. The molecule has 0 saturated heterocycles. The van der Waals surface area contributed by atoms with Gasteiger partial charge in [0.25, 0.3) is 5.91 Å². The Hall–Kier alpha value is -5.69. The number of nitrogens with two attached hydrogens (primary N) is 3. The lowest BCUT2D eigenvalue weighted by Crippen LogP contribution is -2.52. The van der Waals surface area contributed by atoms with E-state index >= 15 is 0 Å². The van der Waals surface area contributed by atoms with Crippen LogP contribution in [0, 0.1) is 0 Å². The second kappa shape index (κ2) is 18.6. The van der Waals surface area contributed by atoms with E-state index in [-0.39, 0.29) is 61.4 Å². The van der Waals surface area contributed by atoms with Crippen LogP contribution >= 0.6 is 0 Å². The summed E-state index contributed by atoms with van der Waals surface area (Å²) < 4.78 is 0. The maximum Gasteiger partial charge on any atom is 0.326 e. The van der Waals surface area contributed by atoms with E-state index < -0.39 is 53.7 Å². The zero-order chi connectivity index (χ0) is 35.9. The van der Waals surface area contributed by atoms with Crippen LogP contribution in [0.1, 0.15) is 61.0 Å². The van der Waals surface area contributed by atoms with Crippen molar-refractivity contribution in [3.05, 3.63) is 41.7 Å². The SMILES string of the molecule is NCCCC[C@@H](NC(=O)[C@H](CCCN)NC(=O)CC[C@H](NC(=O)c1ccc(NCc2cnc3nc(N)nc(O)c3n2)cc1)C(=O)O)C(=O)O. The van der Waals surface area contributed by atoms with Gasteiger partial charge in [-0.1, -0.05) is 0 Å². The van der Waals surface area contributed by atoms with Crippen molar-refractivity contribution in [1.29, 1.82) is 0 Å². The lowest BCUT2D eigenvalue weighted by Gasteiger charge is -2.22. The molecule has 19 nitrogen and oxygen atoms in total. The Morgan fingerprint density at radius 1 is 0.776 bits per heavy atom. The van der Waals surface area contributed by atoms with Gasteiger partial charge < -0.3 is 53.8 Å². The highest BCUT2D eigenvalue weighted by atomic mass is 16.4. The Morgan fingerprint density at radius 3 is 2.08 bits per heavy atom. The van der Waals surface area contributed by atoms with Gasteiger partial charge in [0.1, 0.15) is 18.1 Å². The minimum absolute atomic E-state index is 0.0847. The number of carboxylic acids is 2. The van der Waals surface area contributed by atoms with Crippen molar-refractivity contribution in [3.63, 3.8) is 0 Å². The number of amides is 3. The van der Waals surface area contributed by atoms with Crippen LogP contribution in [0.15, 0.2) is 30.5 Å². The van der Waals surface area contributed by atoms with Gasteiger partial charge in [0.15, 0.2) is 11.2 Å². The number of nitrogens with zero attached hydrogens (tertiary/aromatic N) is 4.